The van der Waals surface area contributed by atoms with Crippen LogP contribution in [0.4, 0.5) is 0 Å². The van der Waals surface area contributed by atoms with Crippen molar-refractivity contribution >= 4 is 17.1 Å². The van der Waals surface area contributed by atoms with E-state index in [1.54, 1.807) is 25.3 Å². The molecule has 0 amide bonds. The molecule has 4 nitrogen and oxygen atoms in total. The Balaban J connectivity index is 2.34. The van der Waals surface area contributed by atoms with Gasteiger partial charge >= 0.3 is 5.97 Å². The van der Waals surface area contributed by atoms with E-state index in [9.17, 15) is 4.79 Å². The summed E-state index contributed by atoms with van der Waals surface area (Å²) < 4.78 is 9.90. The minimum absolute atomic E-state index is 0.353. The van der Waals surface area contributed by atoms with Crippen molar-refractivity contribution in [3.8, 4) is 0 Å². The molecule has 0 saturated carbocycles. The lowest BCUT2D eigenvalue weighted by Crippen LogP contribution is -2.04. The van der Waals surface area contributed by atoms with Crippen molar-refractivity contribution in [1.82, 2.24) is 4.98 Å². The zero-order valence-electron chi connectivity index (χ0n) is 7.16. The Morgan fingerprint density at radius 1 is 1.69 bits per heavy atom. The van der Waals surface area contributed by atoms with Crippen LogP contribution in [0.1, 0.15) is 17.4 Å². The summed E-state index contributed by atoms with van der Waals surface area (Å²) in [4.78, 5) is 14.1. The summed E-state index contributed by atoms with van der Waals surface area (Å²) in [6.45, 7) is 2.14. The smallest absolute Gasteiger partial charge is 0.354 e. The Hall–Kier alpha value is -1.71. The maximum absolute atomic E-state index is 11.2. The molecule has 0 atom stereocenters. The molecule has 2 rings (SSSR count). The van der Waals surface area contributed by atoms with E-state index < -0.39 is 0 Å². The quantitative estimate of drug-likeness (QED) is 0.716. The molecule has 0 aliphatic carbocycles. The fourth-order valence-corrected chi connectivity index (χ4v) is 1.17. The van der Waals surface area contributed by atoms with E-state index in [-0.39, 0.29) is 5.97 Å². The monoisotopic (exact) mass is 179 g/mol. The minimum Gasteiger partial charge on any atom is -0.463 e. The first kappa shape index (κ1) is 7.91. The Morgan fingerprint density at radius 2 is 2.54 bits per heavy atom. The van der Waals surface area contributed by atoms with Gasteiger partial charge in [0, 0.05) is 12.1 Å². The minimum atomic E-state index is -0.353. The zero-order valence-corrected chi connectivity index (χ0v) is 7.16. The van der Waals surface area contributed by atoms with E-state index in [2.05, 4.69) is 4.98 Å². The van der Waals surface area contributed by atoms with Gasteiger partial charge in [0.1, 0.15) is 5.69 Å². The molecule has 1 N–H and O–H groups in total. The third kappa shape index (κ3) is 1.30. The van der Waals surface area contributed by atoms with Gasteiger partial charge in [-0.15, -0.1) is 0 Å². The topological polar surface area (TPSA) is 55.2 Å². The molecule has 0 spiro atoms. The van der Waals surface area contributed by atoms with Gasteiger partial charge in [0.15, 0.2) is 5.58 Å². The molecule has 0 aromatic carbocycles. The summed E-state index contributed by atoms with van der Waals surface area (Å²) in [5.74, 6) is -0.353. The molecule has 0 radical (unpaired) electrons. The van der Waals surface area contributed by atoms with E-state index in [1.165, 1.54) is 0 Å². The first-order chi connectivity index (χ1) is 6.31. The molecule has 13 heavy (non-hydrogen) atoms. The molecule has 2 aromatic heterocycles. The molecule has 68 valence electrons. The standard InChI is InChI=1S/C9H9NO3/c1-2-12-9(11)7-5-8-6(10-7)3-4-13-8/h3-5,10H,2H2,1H3. The van der Waals surface area contributed by atoms with Crippen molar-refractivity contribution in [2.45, 2.75) is 6.92 Å². The van der Waals surface area contributed by atoms with Gasteiger partial charge in [0.05, 0.1) is 18.4 Å². The third-order valence-electron chi connectivity index (χ3n) is 1.74. The van der Waals surface area contributed by atoms with Crippen LogP contribution in [-0.2, 0) is 4.74 Å². The van der Waals surface area contributed by atoms with Crippen molar-refractivity contribution in [1.29, 1.82) is 0 Å². The van der Waals surface area contributed by atoms with Crippen LogP contribution in [-0.4, -0.2) is 17.6 Å². The number of carbonyl (C=O) groups is 1. The van der Waals surface area contributed by atoms with E-state index in [0.717, 1.165) is 5.52 Å². The van der Waals surface area contributed by atoms with Crippen LogP contribution in [0.3, 0.4) is 0 Å². The van der Waals surface area contributed by atoms with Crippen LogP contribution >= 0.6 is 0 Å². The molecular weight excluding hydrogens is 170 g/mol. The second-order valence-corrected chi connectivity index (χ2v) is 2.60. The number of furan rings is 1. The molecule has 2 heterocycles. The summed E-state index contributed by atoms with van der Waals surface area (Å²) in [6, 6.07) is 3.39. The zero-order chi connectivity index (χ0) is 9.26. The van der Waals surface area contributed by atoms with E-state index in [0.29, 0.717) is 17.9 Å². The summed E-state index contributed by atoms with van der Waals surface area (Å²) >= 11 is 0. The largest absolute Gasteiger partial charge is 0.463 e. The summed E-state index contributed by atoms with van der Waals surface area (Å²) in [6.07, 6.45) is 1.57. The van der Waals surface area contributed by atoms with Crippen LogP contribution in [0.2, 0.25) is 0 Å². The lowest BCUT2D eigenvalue weighted by Gasteiger charge is -1.96. The average molecular weight is 179 g/mol. The maximum Gasteiger partial charge on any atom is 0.354 e. The molecule has 4 heteroatoms. The van der Waals surface area contributed by atoms with Crippen molar-refractivity contribution < 1.29 is 13.9 Å². The first-order valence-corrected chi connectivity index (χ1v) is 4.04. The average Bonchev–Trinajstić information content (AvgIpc) is 2.61. The van der Waals surface area contributed by atoms with Crippen molar-refractivity contribution in [3.63, 3.8) is 0 Å². The van der Waals surface area contributed by atoms with Crippen LogP contribution in [0.15, 0.2) is 22.8 Å². The number of hydrogen-bond acceptors (Lipinski definition) is 3. The number of esters is 1. The SMILES string of the molecule is CCOC(=O)c1cc2occc2[nH]1. The Labute approximate surface area is 74.5 Å². The lowest BCUT2D eigenvalue weighted by molar-refractivity contribution is 0.0520. The van der Waals surface area contributed by atoms with Gasteiger partial charge in [0.25, 0.3) is 0 Å². The van der Waals surface area contributed by atoms with Gasteiger partial charge in [-0.25, -0.2) is 4.79 Å². The normalized spacial score (nSPS) is 10.5. The second-order valence-electron chi connectivity index (χ2n) is 2.60. The highest BCUT2D eigenvalue weighted by Crippen LogP contribution is 2.16. The van der Waals surface area contributed by atoms with Gasteiger partial charge in [0.2, 0.25) is 0 Å². The van der Waals surface area contributed by atoms with Crippen LogP contribution in [0.5, 0.6) is 0 Å². The van der Waals surface area contributed by atoms with Gasteiger partial charge < -0.3 is 14.1 Å². The van der Waals surface area contributed by atoms with Crippen LogP contribution in [0.25, 0.3) is 11.1 Å². The molecular formula is C9H9NO3. The maximum atomic E-state index is 11.2. The summed E-state index contributed by atoms with van der Waals surface area (Å²) in [5.41, 5.74) is 1.90. The molecule has 0 unspecified atom stereocenters. The molecule has 0 bridgehead atoms. The predicted molar refractivity (Wildman–Crippen MR) is 46.5 cm³/mol. The fraction of sp³-hybridized carbons (Fsp3) is 0.222. The summed E-state index contributed by atoms with van der Waals surface area (Å²) in [5, 5.41) is 0. The van der Waals surface area contributed by atoms with E-state index in [4.69, 9.17) is 9.15 Å². The van der Waals surface area contributed by atoms with Gasteiger partial charge in [-0.1, -0.05) is 0 Å². The molecule has 0 aliphatic rings. The van der Waals surface area contributed by atoms with Crippen molar-refractivity contribution in [2.24, 2.45) is 0 Å². The Bertz CT molecular complexity index is 398. The number of aromatic amines is 1. The Kier molecular flexibility index (Phi) is 1.81. The number of nitrogens with one attached hydrogen (secondary N) is 1. The first-order valence-electron chi connectivity index (χ1n) is 4.04. The predicted octanol–water partition coefficient (Wildman–Crippen LogP) is 1.94. The number of aromatic nitrogens is 1. The van der Waals surface area contributed by atoms with Crippen LogP contribution < -0.4 is 0 Å². The molecule has 0 fully saturated rings. The Morgan fingerprint density at radius 3 is 3.23 bits per heavy atom. The molecule has 0 aliphatic heterocycles. The number of fused-ring (bicyclic) bond motifs is 1. The van der Waals surface area contributed by atoms with Gasteiger partial charge in [-0.2, -0.15) is 0 Å². The lowest BCUT2D eigenvalue weighted by atomic mass is 10.4. The number of carbonyl (C=O) groups excluding carboxylic acids is 1. The highest BCUT2D eigenvalue weighted by Gasteiger charge is 2.10. The number of hydrogen-bond donors (Lipinski definition) is 1. The molecule has 2 aromatic rings. The van der Waals surface area contributed by atoms with Gasteiger partial charge in [-0.05, 0) is 6.92 Å². The molecule has 0 saturated heterocycles. The number of H-pyrrole nitrogens is 1. The fourth-order valence-electron chi connectivity index (χ4n) is 1.17. The second kappa shape index (κ2) is 2.97. The van der Waals surface area contributed by atoms with Crippen molar-refractivity contribution in [2.75, 3.05) is 6.61 Å². The van der Waals surface area contributed by atoms with Crippen LogP contribution in [0, 0.1) is 0 Å². The van der Waals surface area contributed by atoms with E-state index >= 15 is 0 Å². The van der Waals surface area contributed by atoms with Gasteiger partial charge in [-0.3, -0.25) is 0 Å². The third-order valence-corrected chi connectivity index (χ3v) is 1.74. The summed E-state index contributed by atoms with van der Waals surface area (Å²) in [7, 11) is 0. The highest BCUT2D eigenvalue weighted by atomic mass is 16.5. The highest BCUT2D eigenvalue weighted by molar-refractivity contribution is 5.93. The van der Waals surface area contributed by atoms with Crippen molar-refractivity contribution in [3.05, 3.63) is 24.1 Å². The van der Waals surface area contributed by atoms with E-state index in [1.807, 2.05) is 0 Å². The number of ether oxygens (including phenoxy) is 1. The number of rotatable bonds is 2.